The molecule has 0 aliphatic rings. The van der Waals surface area contributed by atoms with Crippen LogP contribution in [-0.2, 0) is 27.8 Å². The number of nitrogens with one attached hydrogen (secondary N) is 1. The van der Waals surface area contributed by atoms with Crippen molar-refractivity contribution < 1.29 is 22.7 Å². The smallest absolute Gasteiger partial charge is 0.303 e. The van der Waals surface area contributed by atoms with E-state index in [1.807, 2.05) is 0 Å². The Labute approximate surface area is 160 Å². The Morgan fingerprint density at radius 1 is 1.41 bits per heavy atom. The molecule has 0 amide bonds. The number of hydrogen-bond donors (Lipinski definition) is 3. The maximum absolute atomic E-state index is 13.3. The van der Waals surface area contributed by atoms with E-state index in [-0.39, 0.29) is 23.8 Å². The minimum atomic E-state index is -3.66. The Morgan fingerprint density at radius 2 is 2.19 bits per heavy atom. The van der Waals surface area contributed by atoms with Crippen molar-refractivity contribution in [3.63, 3.8) is 0 Å². The number of thiazole rings is 1. The number of halogens is 1. The van der Waals surface area contributed by atoms with E-state index in [0.717, 1.165) is 11.3 Å². The van der Waals surface area contributed by atoms with E-state index < -0.39 is 21.8 Å². The van der Waals surface area contributed by atoms with Gasteiger partial charge in [-0.1, -0.05) is 18.2 Å². The van der Waals surface area contributed by atoms with E-state index in [1.54, 1.807) is 11.4 Å². The zero-order valence-corrected chi connectivity index (χ0v) is 16.0. The van der Waals surface area contributed by atoms with Crippen LogP contribution in [0, 0.1) is 5.82 Å². The average Bonchev–Trinajstić information content (AvgIpc) is 3.01. The summed E-state index contributed by atoms with van der Waals surface area (Å²) in [6.07, 6.45) is 3.87. The predicted octanol–water partition coefficient (Wildman–Crippen LogP) is 2.60. The Morgan fingerprint density at radius 3 is 2.89 bits per heavy atom. The monoisotopic (exact) mass is 413 g/mol. The topological polar surface area (TPSA) is 122 Å². The molecule has 0 fully saturated rings. The van der Waals surface area contributed by atoms with Gasteiger partial charge < -0.3 is 10.8 Å². The van der Waals surface area contributed by atoms with Gasteiger partial charge in [0.1, 0.15) is 5.82 Å². The van der Waals surface area contributed by atoms with Gasteiger partial charge >= 0.3 is 5.97 Å². The first-order valence-corrected chi connectivity index (χ1v) is 10.6. The van der Waals surface area contributed by atoms with Crippen LogP contribution in [0.5, 0.6) is 0 Å². The van der Waals surface area contributed by atoms with E-state index in [0.29, 0.717) is 29.7 Å². The van der Waals surface area contributed by atoms with Gasteiger partial charge in [-0.2, -0.15) is 0 Å². The molecule has 2 rings (SSSR count). The maximum atomic E-state index is 13.3. The molecule has 0 aliphatic carbocycles. The Hall–Kier alpha value is -2.30. The first-order chi connectivity index (χ1) is 12.8. The number of aromatic nitrogens is 1. The SMILES string of the molecule is NCc1ccc(F)cc1C=CCS(=O)(=O)Nc1nc(CCCC(=O)O)cs1. The highest BCUT2D eigenvalue weighted by atomic mass is 32.2. The lowest BCUT2D eigenvalue weighted by atomic mass is 10.1. The highest BCUT2D eigenvalue weighted by Gasteiger charge is 2.12. The number of carboxylic acids is 1. The lowest BCUT2D eigenvalue weighted by molar-refractivity contribution is -0.137. The van der Waals surface area contributed by atoms with Crippen LogP contribution in [-0.4, -0.2) is 30.2 Å². The fourth-order valence-corrected chi connectivity index (χ4v) is 4.18. The number of benzene rings is 1. The second-order valence-corrected chi connectivity index (χ2v) is 8.35. The molecule has 0 aliphatic heterocycles. The van der Waals surface area contributed by atoms with Crippen molar-refractivity contribution >= 4 is 38.5 Å². The van der Waals surface area contributed by atoms with Crippen molar-refractivity contribution in [3.8, 4) is 0 Å². The third kappa shape index (κ3) is 7.08. The van der Waals surface area contributed by atoms with Crippen molar-refractivity contribution in [2.24, 2.45) is 5.73 Å². The van der Waals surface area contributed by atoms with Gasteiger partial charge in [0.2, 0.25) is 10.0 Å². The van der Waals surface area contributed by atoms with Gasteiger partial charge in [0.05, 0.1) is 11.4 Å². The van der Waals surface area contributed by atoms with Crippen molar-refractivity contribution in [2.75, 3.05) is 10.5 Å². The molecule has 0 atom stereocenters. The van der Waals surface area contributed by atoms with Gasteiger partial charge in [0.25, 0.3) is 0 Å². The summed E-state index contributed by atoms with van der Waals surface area (Å²) in [4.78, 5) is 14.6. The number of carbonyl (C=O) groups is 1. The van der Waals surface area contributed by atoms with Crippen LogP contribution < -0.4 is 10.5 Å². The third-order valence-electron chi connectivity index (χ3n) is 3.56. The van der Waals surface area contributed by atoms with Gasteiger partial charge in [-0.15, -0.1) is 11.3 Å². The van der Waals surface area contributed by atoms with Crippen molar-refractivity contribution in [1.29, 1.82) is 0 Å². The van der Waals surface area contributed by atoms with Crippen molar-refractivity contribution in [2.45, 2.75) is 25.8 Å². The summed E-state index contributed by atoms with van der Waals surface area (Å²) in [5, 5.41) is 10.5. The summed E-state index contributed by atoms with van der Waals surface area (Å²) < 4.78 is 40.0. The van der Waals surface area contributed by atoms with Crippen LogP contribution >= 0.6 is 11.3 Å². The second-order valence-electron chi connectivity index (χ2n) is 5.72. The third-order valence-corrected chi connectivity index (χ3v) is 5.63. The van der Waals surface area contributed by atoms with Crippen LogP contribution in [0.15, 0.2) is 29.7 Å². The molecule has 1 aromatic heterocycles. The fraction of sp³-hybridized carbons (Fsp3) is 0.294. The van der Waals surface area contributed by atoms with E-state index in [2.05, 4.69) is 9.71 Å². The summed E-state index contributed by atoms with van der Waals surface area (Å²) in [5.74, 6) is -1.61. The summed E-state index contributed by atoms with van der Waals surface area (Å²) >= 11 is 1.13. The number of hydrogen-bond acceptors (Lipinski definition) is 6. The molecule has 146 valence electrons. The molecular formula is C17H20FN3O4S2. The minimum Gasteiger partial charge on any atom is -0.481 e. The Bertz CT molecular complexity index is 926. The number of carboxylic acid groups (broad SMARTS) is 1. The number of aliphatic carboxylic acids is 1. The first-order valence-electron chi connectivity index (χ1n) is 8.11. The molecule has 0 saturated heterocycles. The number of nitrogens with zero attached hydrogens (tertiary/aromatic N) is 1. The standard InChI is InChI=1S/C17H20FN3O4S2/c18-14-7-6-13(10-19)12(9-14)3-2-8-27(24,25)21-17-20-15(11-26-17)4-1-5-16(22)23/h2-3,6-7,9,11H,1,4-5,8,10,19H2,(H,20,21)(H,22,23). The molecule has 0 spiro atoms. The minimum absolute atomic E-state index is 0.0360. The fourth-order valence-electron chi connectivity index (χ4n) is 2.27. The van der Waals surface area contributed by atoms with E-state index in [9.17, 15) is 17.6 Å². The molecule has 27 heavy (non-hydrogen) atoms. The Balaban J connectivity index is 1.94. The van der Waals surface area contributed by atoms with Crippen molar-refractivity contribution in [1.82, 2.24) is 4.98 Å². The zero-order chi connectivity index (χ0) is 19.9. The highest BCUT2D eigenvalue weighted by Crippen LogP contribution is 2.19. The maximum Gasteiger partial charge on any atom is 0.303 e. The van der Waals surface area contributed by atoms with E-state index in [4.69, 9.17) is 10.8 Å². The Kier molecular flexibility index (Phi) is 7.45. The molecule has 10 heteroatoms. The van der Waals surface area contributed by atoms with Crippen molar-refractivity contribution in [3.05, 3.63) is 52.3 Å². The summed E-state index contributed by atoms with van der Waals surface area (Å²) in [5.41, 5.74) is 7.47. The lowest BCUT2D eigenvalue weighted by Crippen LogP contribution is -2.15. The average molecular weight is 413 g/mol. The first kappa shape index (κ1) is 21.0. The summed E-state index contributed by atoms with van der Waals surface area (Å²) in [7, 11) is -3.66. The molecule has 0 unspecified atom stereocenters. The largest absolute Gasteiger partial charge is 0.481 e. The van der Waals surface area contributed by atoms with Crippen LogP contribution in [0.25, 0.3) is 6.08 Å². The quantitative estimate of drug-likeness (QED) is 0.550. The van der Waals surface area contributed by atoms with Crippen LogP contribution in [0.3, 0.4) is 0 Å². The zero-order valence-electron chi connectivity index (χ0n) is 14.4. The number of nitrogens with two attached hydrogens (primary N) is 1. The normalized spacial score (nSPS) is 11.8. The summed E-state index contributed by atoms with van der Waals surface area (Å²) in [6, 6.07) is 4.15. The van der Waals surface area contributed by atoms with Crippen LogP contribution in [0.4, 0.5) is 9.52 Å². The molecule has 4 N–H and O–H groups in total. The molecule has 2 aromatic rings. The molecule has 0 radical (unpaired) electrons. The molecule has 0 bridgehead atoms. The van der Waals surface area contributed by atoms with E-state index >= 15 is 0 Å². The number of anilines is 1. The van der Waals surface area contributed by atoms with Gasteiger partial charge in [-0.05, 0) is 36.1 Å². The highest BCUT2D eigenvalue weighted by molar-refractivity contribution is 7.93. The molecule has 1 aromatic carbocycles. The van der Waals surface area contributed by atoms with Gasteiger partial charge in [0.15, 0.2) is 5.13 Å². The molecule has 0 saturated carbocycles. The lowest BCUT2D eigenvalue weighted by Gasteiger charge is -2.04. The van der Waals surface area contributed by atoms with Crippen LogP contribution in [0.2, 0.25) is 0 Å². The number of aryl methyl sites for hydroxylation is 1. The molecular weight excluding hydrogens is 393 g/mol. The van der Waals surface area contributed by atoms with E-state index in [1.165, 1.54) is 24.3 Å². The number of sulfonamides is 1. The second kappa shape index (κ2) is 9.58. The van der Waals surface area contributed by atoms with Gasteiger partial charge in [0, 0.05) is 18.3 Å². The van der Waals surface area contributed by atoms with Crippen LogP contribution in [0.1, 0.15) is 29.7 Å². The number of rotatable bonds is 10. The molecule has 7 nitrogen and oxygen atoms in total. The summed E-state index contributed by atoms with van der Waals surface area (Å²) in [6.45, 7) is 0.217. The predicted molar refractivity (Wildman–Crippen MR) is 103 cm³/mol. The van der Waals surface area contributed by atoms with Gasteiger partial charge in [-0.3, -0.25) is 9.52 Å². The van der Waals surface area contributed by atoms with Gasteiger partial charge in [-0.25, -0.2) is 17.8 Å². The molecule has 1 heterocycles.